The van der Waals surface area contributed by atoms with Crippen LogP contribution in [0.2, 0.25) is 0 Å². The molecule has 0 fully saturated rings. The first kappa shape index (κ1) is 12.3. The SMILES string of the molecule is CCOC(=O)c1ccc(-n2cc(CO)nn2)cc1. The Kier molecular flexibility index (Phi) is 3.69. The van der Waals surface area contributed by atoms with Crippen molar-refractivity contribution in [2.75, 3.05) is 6.61 Å². The molecule has 0 aliphatic carbocycles. The predicted molar refractivity (Wildman–Crippen MR) is 63.2 cm³/mol. The van der Waals surface area contributed by atoms with Crippen LogP contribution >= 0.6 is 0 Å². The number of esters is 1. The van der Waals surface area contributed by atoms with Crippen LogP contribution in [-0.4, -0.2) is 32.7 Å². The second-order valence-electron chi connectivity index (χ2n) is 3.58. The molecular formula is C12H13N3O3. The summed E-state index contributed by atoms with van der Waals surface area (Å²) >= 11 is 0. The van der Waals surface area contributed by atoms with Crippen molar-refractivity contribution in [3.05, 3.63) is 41.7 Å². The molecule has 1 heterocycles. The number of carbonyl (C=O) groups excluding carboxylic acids is 1. The van der Waals surface area contributed by atoms with Gasteiger partial charge in [-0.05, 0) is 31.2 Å². The van der Waals surface area contributed by atoms with Crippen LogP contribution in [0.3, 0.4) is 0 Å². The maximum absolute atomic E-state index is 11.5. The van der Waals surface area contributed by atoms with Gasteiger partial charge < -0.3 is 9.84 Å². The molecule has 1 aromatic carbocycles. The van der Waals surface area contributed by atoms with Gasteiger partial charge in [0.2, 0.25) is 0 Å². The second kappa shape index (κ2) is 5.42. The molecule has 0 radical (unpaired) electrons. The molecule has 0 amide bonds. The van der Waals surface area contributed by atoms with Gasteiger partial charge in [-0.25, -0.2) is 9.48 Å². The van der Waals surface area contributed by atoms with Crippen LogP contribution < -0.4 is 0 Å². The molecule has 6 heteroatoms. The van der Waals surface area contributed by atoms with E-state index < -0.39 is 0 Å². The Morgan fingerprint density at radius 2 is 2.11 bits per heavy atom. The summed E-state index contributed by atoms with van der Waals surface area (Å²) in [6.07, 6.45) is 1.62. The number of ether oxygens (including phenoxy) is 1. The van der Waals surface area contributed by atoms with E-state index in [0.717, 1.165) is 5.69 Å². The Hall–Kier alpha value is -2.21. The molecule has 0 spiro atoms. The number of hydrogen-bond donors (Lipinski definition) is 1. The van der Waals surface area contributed by atoms with Crippen molar-refractivity contribution in [1.29, 1.82) is 0 Å². The van der Waals surface area contributed by atoms with Gasteiger partial charge in [-0.3, -0.25) is 0 Å². The number of nitrogens with zero attached hydrogens (tertiary/aromatic N) is 3. The number of aromatic nitrogens is 3. The minimum Gasteiger partial charge on any atom is -0.462 e. The second-order valence-corrected chi connectivity index (χ2v) is 3.58. The first-order valence-electron chi connectivity index (χ1n) is 5.54. The minimum absolute atomic E-state index is 0.152. The Balaban J connectivity index is 2.19. The highest BCUT2D eigenvalue weighted by atomic mass is 16.5. The van der Waals surface area contributed by atoms with Gasteiger partial charge in [0, 0.05) is 0 Å². The summed E-state index contributed by atoms with van der Waals surface area (Å²) in [5, 5.41) is 16.5. The zero-order chi connectivity index (χ0) is 13.0. The van der Waals surface area contributed by atoms with E-state index in [1.165, 1.54) is 4.68 Å². The molecule has 0 saturated carbocycles. The summed E-state index contributed by atoms with van der Waals surface area (Å²) in [6, 6.07) is 6.80. The molecule has 0 aliphatic heterocycles. The third-order valence-electron chi connectivity index (χ3n) is 2.35. The summed E-state index contributed by atoms with van der Waals surface area (Å²) in [5.74, 6) is -0.348. The summed E-state index contributed by atoms with van der Waals surface area (Å²) in [7, 11) is 0. The van der Waals surface area contributed by atoms with Crippen LogP contribution in [0.5, 0.6) is 0 Å². The summed E-state index contributed by atoms with van der Waals surface area (Å²) in [6.45, 7) is 1.96. The molecule has 1 N–H and O–H groups in total. The lowest BCUT2D eigenvalue weighted by Crippen LogP contribution is -2.04. The van der Waals surface area contributed by atoms with Gasteiger partial charge in [0.25, 0.3) is 0 Å². The molecular weight excluding hydrogens is 234 g/mol. The zero-order valence-corrected chi connectivity index (χ0v) is 9.91. The average Bonchev–Trinajstić information content (AvgIpc) is 2.88. The van der Waals surface area contributed by atoms with Crippen molar-refractivity contribution in [3.63, 3.8) is 0 Å². The maximum Gasteiger partial charge on any atom is 0.338 e. The number of aliphatic hydroxyl groups excluding tert-OH is 1. The number of aliphatic hydroxyl groups is 1. The number of rotatable bonds is 4. The summed E-state index contributed by atoms with van der Waals surface area (Å²) in [5.41, 5.74) is 1.74. The molecule has 0 bridgehead atoms. The molecule has 94 valence electrons. The zero-order valence-electron chi connectivity index (χ0n) is 9.91. The van der Waals surface area contributed by atoms with Crippen LogP contribution in [0.25, 0.3) is 5.69 Å². The first-order valence-corrected chi connectivity index (χ1v) is 5.54. The molecule has 6 nitrogen and oxygen atoms in total. The van der Waals surface area contributed by atoms with Crippen molar-refractivity contribution in [2.24, 2.45) is 0 Å². The fraction of sp³-hybridized carbons (Fsp3) is 0.250. The average molecular weight is 247 g/mol. The van der Waals surface area contributed by atoms with E-state index in [0.29, 0.717) is 17.9 Å². The Labute approximate surface area is 104 Å². The molecule has 0 atom stereocenters. The van der Waals surface area contributed by atoms with Crippen molar-refractivity contribution in [3.8, 4) is 5.69 Å². The predicted octanol–water partition coefficient (Wildman–Crippen LogP) is 0.936. The van der Waals surface area contributed by atoms with E-state index in [1.54, 1.807) is 37.4 Å². The Morgan fingerprint density at radius 1 is 1.39 bits per heavy atom. The highest BCUT2D eigenvalue weighted by molar-refractivity contribution is 5.89. The lowest BCUT2D eigenvalue weighted by molar-refractivity contribution is 0.0526. The van der Waals surface area contributed by atoms with Gasteiger partial charge in [0.15, 0.2) is 0 Å². The molecule has 18 heavy (non-hydrogen) atoms. The smallest absolute Gasteiger partial charge is 0.338 e. The lowest BCUT2D eigenvalue weighted by atomic mass is 10.2. The van der Waals surface area contributed by atoms with E-state index in [-0.39, 0.29) is 12.6 Å². The highest BCUT2D eigenvalue weighted by Gasteiger charge is 2.07. The van der Waals surface area contributed by atoms with Gasteiger partial charge in [0.05, 0.1) is 30.7 Å². The van der Waals surface area contributed by atoms with Crippen LogP contribution in [0, 0.1) is 0 Å². The van der Waals surface area contributed by atoms with E-state index in [9.17, 15) is 4.79 Å². The van der Waals surface area contributed by atoms with Crippen molar-refractivity contribution >= 4 is 5.97 Å². The van der Waals surface area contributed by atoms with Crippen LogP contribution in [0.15, 0.2) is 30.5 Å². The fourth-order valence-corrected chi connectivity index (χ4v) is 1.46. The molecule has 0 saturated heterocycles. The topological polar surface area (TPSA) is 77.2 Å². The lowest BCUT2D eigenvalue weighted by Gasteiger charge is -2.03. The van der Waals surface area contributed by atoms with Crippen LogP contribution in [0.1, 0.15) is 23.0 Å². The normalized spacial score (nSPS) is 10.3. The van der Waals surface area contributed by atoms with E-state index in [2.05, 4.69) is 10.3 Å². The van der Waals surface area contributed by atoms with Gasteiger partial charge in [-0.1, -0.05) is 5.21 Å². The third kappa shape index (κ3) is 2.54. The molecule has 2 aromatic rings. The number of carbonyl (C=O) groups is 1. The van der Waals surface area contributed by atoms with Crippen molar-refractivity contribution in [2.45, 2.75) is 13.5 Å². The standard InChI is InChI=1S/C12H13N3O3/c1-2-18-12(17)9-3-5-11(6-4-9)15-7-10(8-16)13-14-15/h3-7,16H,2,8H2,1H3. The van der Waals surface area contributed by atoms with E-state index in [1.807, 2.05) is 0 Å². The first-order chi connectivity index (χ1) is 8.74. The van der Waals surface area contributed by atoms with E-state index >= 15 is 0 Å². The summed E-state index contributed by atoms with van der Waals surface area (Å²) < 4.78 is 6.42. The van der Waals surface area contributed by atoms with E-state index in [4.69, 9.17) is 9.84 Å². The number of benzene rings is 1. The quantitative estimate of drug-likeness (QED) is 0.813. The minimum atomic E-state index is -0.348. The van der Waals surface area contributed by atoms with Crippen LogP contribution in [0.4, 0.5) is 0 Å². The fourth-order valence-electron chi connectivity index (χ4n) is 1.46. The number of hydrogen-bond acceptors (Lipinski definition) is 5. The maximum atomic E-state index is 11.5. The molecule has 2 rings (SSSR count). The Morgan fingerprint density at radius 3 is 2.67 bits per heavy atom. The van der Waals surface area contributed by atoms with Gasteiger partial charge in [-0.2, -0.15) is 0 Å². The summed E-state index contributed by atoms with van der Waals surface area (Å²) in [4.78, 5) is 11.5. The highest BCUT2D eigenvalue weighted by Crippen LogP contribution is 2.10. The third-order valence-corrected chi connectivity index (χ3v) is 2.35. The van der Waals surface area contributed by atoms with Crippen LogP contribution in [-0.2, 0) is 11.3 Å². The van der Waals surface area contributed by atoms with Gasteiger partial charge in [0.1, 0.15) is 5.69 Å². The van der Waals surface area contributed by atoms with Crippen molar-refractivity contribution in [1.82, 2.24) is 15.0 Å². The van der Waals surface area contributed by atoms with Crippen molar-refractivity contribution < 1.29 is 14.6 Å². The Bertz CT molecular complexity index is 534. The monoisotopic (exact) mass is 247 g/mol. The largest absolute Gasteiger partial charge is 0.462 e. The van der Waals surface area contributed by atoms with Gasteiger partial charge in [-0.15, -0.1) is 5.10 Å². The molecule has 1 aromatic heterocycles. The van der Waals surface area contributed by atoms with Gasteiger partial charge >= 0.3 is 5.97 Å². The molecule has 0 aliphatic rings. The molecule has 0 unspecified atom stereocenters.